The van der Waals surface area contributed by atoms with Crippen LogP contribution >= 0.6 is 0 Å². The maximum atomic E-state index is 13.4. The first-order valence-electron chi connectivity index (χ1n) is 10.2. The number of carbonyl (C=O) groups excluding carboxylic acids is 1. The summed E-state index contributed by atoms with van der Waals surface area (Å²) in [7, 11) is 1.72. The van der Waals surface area contributed by atoms with Gasteiger partial charge in [-0.1, -0.05) is 56.3 Å². The predicted octanol–water partition coefficient (Wildman–Crippen LogP) is 5.38. The Morgan fingerprint density at radius 3 is 2.42 bits per heavy atom. The van der Waals surface area contributed by atoms with E-state index in [1.165, 1.54) is 6.07 Å². The molecule has 2 aromatic carbocycles. The number of aryl methyl sites for hydroxylation is 1. The zero-order valence-corrected chi connectivity index (χ0v) is 17.6. The molecular weight excluding hydrogens is 403 g/mol. The molecule has 0 N–H and O–H groups in total. The number of rotatable bonds is 5. The third-order valence-electron chi connectivity index (χ3n) is 5.54. The van der Waals surface area contributed by atoms with E-state index in [1.807, 2.05) is 30.3 Å². The van der Waals surface area contributed by atoms with Gasteiger partial charge in [0.2, 0.25) is 0 Å². The molecule has 0 saturated carbocycles. The van der Waals surface area contributed by atoms with E-state index in [-0.39, 0.29) is 5.91 Å². The van der Waals surface area contributed by atoms with Gasteiger partial charge in [0, 0.05) is 19.2 Å². The molecule has 0 aliphatic carbocycles. The molecule has 1 aliphatic heterocycles. The lowest BCUT2D eigenvalue weighted by Gasteiger charge is -2.27. The van der Waals surface area contributed by atoms with Crippen LogP contribution in [0.5, 0.6) is 0 Å². The molecule has 4 rings (SSSR count). The summed E-state index contributed by atoms with van der Waals surface area (Å²) in [6.45, 7) is 4.41. The van der Waals surface area contributed by atoms with E-state index in [0.29, 0.717) is 30.1 Å². The highest BCUT2D eigenvalue weighted by atomic mass is 19.4. The molecule has 31 heavy (non-hydrogen) atoms. The standard InChI is InChI=1S/C24H24F3N3O/c1-15(2)12-19-20-21(17-10-7-11-18(13-17)24(25,26)27)30(14-16-8-5-4-6-9-16)23(31)22(20)29(3)28-19/h4-11,13,15,21H,12,14H2,1-3H3. The zero-order chi connectivity index (χ0) is 22.3. The topological polar surface area (TPSA) is 38.1 Å². The second-order valence-electron chi connectivity index (χ2n) is 8.37. The van der Waals surface area contributed by atoms with Crippen molar-refractivity contribution in [3.63, 3.8) is 0 Å². The van der Waals surface area contributed by atoms with Gasteiger partial charge >= 0.3 is 6.18 Å². The van der Waals surface area contributed by atoms with Crippen molar-refractivity contribution in [2.45, 2.75) is 39.0 Å². The third kappa shape index (κ3) is 3.96. The molecule has 0 radical (unpaired) electrons. The van der Waals surface area contributed by atoms with E-state index in [9.17, 15) is 18.0 Å². The Morgan fingerprint density at radius 1 is 1.06 bits per heavy atom. The zero-order valence-electron chi connectivity index (χ0n) is 17.6. The van der Waals surface area contributed by atoms with E-state index in [0.717, 1.165) is 29.0 Å². The van der Waals surface area contributed by atoms with Crippen LogP contribution in [-0.4, -0.2) is 20.6 Å². The molecule has 0 fully saturated rings. The highest BCUT2D eigenvalue weighted by molar-refractivity contribution is 5.98. The van der Waals surface area contributed by atoms with Gasteiger partial charge in [-0.3, -0.25) is 9.48 Å². The first-order valence-corrected chi connectivity index (χ1v) is 10.2. The number of halogens is 3. The minimum absolute atomic E-state index is 0.216. The van der Waals surface area contributed by atoms with Gasteiger partial charge in [0.25, 0.3) is 5.91 Å². The average molecular weight is 427 g/mol. The van der Waals surface area contributed by atoms with Crippen LogP contribution in [0.1, 0.15) is 58.3 Å². The molecule has 1 amide bonds. The molecule has 7 heteroatoms. The molecule has 0 saturated heterocycles. The van der Waals surface area contributed by atoms with Gasteiger partial charge in [-0.15, -0.1) is 0 Å². The summed E-state index contributed by atoms with van der Waals surface area (Å²) < 4.78 is 41.9. The summed E-state index contributed by atoms with van der Waals surface area (Å²) in [5, 5.41) is 4.56. The average Bonchev–Trinajstić information content (AvgIpc) is 3.17. The Labute approximate surface area is 179 Å². The fraction of sp³-hybridized carbons (Fsp3) is 0.333. The minimum atomic E-state index is -4.46. The van der Waals surface area contributed by atoms with Gasteiger partial charge in [0.1, 0.15) is 5.69 Å². The van der Waals surface area contributed by atoms with E-state index in [1.54, 1.807) is 22.7 Å². The van der Waals surface area contributed by atoms with Crippen molar-refractivity contribution < 1.29 is 18.0 Å². The Balaban J connectivity index is 1.87. The fourth-order valence-corrected chi connectivity index (χ4v) is 4.26. The number of carbonyl (C=O) groups is 1. The van der Waals surface area contributed by atoms with Gasteiger partial charge in [-0.05, 0) is 35.6 Å². The molecule has 1 unspecified atom stereocenters. The number of hydrogen-bond donors (Lipinski definition) is 0. The van der Waals surface area contributed by atoms with Crippen molar-refractivity contribution >= 4 is 5.91 Å². The van der Waals surface area contributed by atoms with Crippen LogP contribution in [0.4, 0.5) is 13.2 Å². The summed E-state index contributed by atoms with van der Waals surface area (Å²) in [6.07, 6.45) is -3.81. The second-order valence-corrected chi connectivity index (χ2v) is 8.37. The lowest BCUT2D eigenvalue weighted by Crippen LogP contribution is -2.30. The van der Waals surface area contributed by atoms with Crippen molar-refractivity contribution in [2.24, 2.45) is 13.0 Å². The van der Waals surface area contributed by atoms with E-state index >= 15 is 0 Å². The third-order valence-corrected chi connectivity index (χ3v) is 5.54. The summed E-state index contributed by atoms with van der Waals surface area (Å²) in [6, 6.07) is 14.1. The summed E-state index contributed by atoms with van der Waals surface area (Å²) in [5.41, 5.74) is 2.57. The Bertz CT molecular complexity index is 1100. The van der Waals surface area contributed by atoms with E-state index in [2.05, 4.69) is 18.9 Å². The number of fused-ring (bicyclic) bond motifs is 1. The SMILES string of the molecule is CC(C)Cc1nn(C)c2c1C(c1cccc(C(F)(F)F)c1)N(Cc1ccccc1)C2=O. The molecule has 4 nitrogen and oxygen atoms in total. The first kappa shape index (κ1) is 21.2. The van der Waals surface area contributed by atoms with Crippen molar-refractivity contribution in [1.29, 1.82) is 0 Å². The van der Waals surface area contributed by atoms with E-state index in [4.69, 9.17) is 0 Å². The quantitative estimate of drug-likeness (QED) is 0.548. The van der Waals surface area contributed by atoms with Gasteiger partial charge in [0.15, 0.2) is 0 Å². The maximum absolute atomic E-state index is 13.4. The first-order chi connectivity index (χ1) is 14.7. The number of hydrogen-bond acceptors (Lipinski definition) is 2. The molecular formula is C24H24F3N3O. The summed E-state index contributed by atoms with van der Waals surface area (Å²) in [4.78, 5) is 15.1. The van der Waals surface area contributed by atoms with Crippen LogP contribution in [0.2, 0.25) is 0 Å². The van der Waals surface area contributed by atoms with Crippen LogP contribution in [0.3, 0.4) is 0 Å². The van der Waals surface area contributed by atoms with Crippen molar-refractivity contribution in [2.75, 3.05) is 0 Å². The molecule has 1 atom stereocenters. The maximum Gasteiger partial charge on any atom is 0.416 e. The number of alkyl halides is 3. The molecule has 162 valence electrons. The molecule has 1 aromatic heterocycles. The Morgan fingerprint density at radius 2 is 1.77 bits per heavy atom. The van der Waals surface area contributed by atoms with Crippen LogP contribution in [0.25, 0.3) is 0 Å². The molecule has 0 bridgehead atoms. The smallest absolute Gasteiger partial charge is 0.322 e. The Hall–Kier alpha value is -3.09. The van der Waals surface area contributed by atoms with Gasteiger partial charge in [-0.2, -0.15) is 18.3 Å². The normalized spacial score (nSPS) is 16.3. The van der Waals surface area contributed by atoms with Crippen LogP contribution in [-0.2, 0) is 26.2 Å². The minimum Gasteiger partial charge on any atom is -0.322 e. The van der Waals surface area contributed by atoms with Crippen molar-refractivity contribution in [3.8, 4) is 0 Å². The fourth-order valence-electron chi connectivity index (χ4n) is 4.26. The lowest BCUT2D eigenvalue weighted by molar-refractivity contribution is -0.137. The highest BCUT2D eigenvalue weighted by Gasteiger charge is 2.43. The molecule has 2 heterocycles. The van der Waals surface area contributed by atoms with Gasteiger partial charge in [0.05, 0.1) is 17.3 Å². The number of aromatic nitrogens is 2. The van der Waals surface area contributed by atoms with Crippen LogP contribution in [0, 0.1) is 5.92 Å². The van der Waals surface area contributed by atoms with Gasteiger partial charge in [-0.25, -0.2) is 0 Å². The predicted molar refractivity (Wildman–Crippen MR) is 111 cm³/mol. The Kier molecular flexibility index (Phi) is 5.37. The molecule has 0 spiro atoms. The number of nitrogens with zero attached hydrogens (tertiary/aromatic N) is 3. The summed E-state index contributed by atoms with van der Waals surface area (Å²) >= 11 is 0. The molecule has 1 aliphatic rings. The summed E-state index contributed by atoms with van der Waals surface area (Å²) in [5.74, 6) is 0.0747. The molecule has 3 aromatic rings. The van der Waals surface area contributed by atoms with Crippen LogP contribution in [0.15, 0.2) is 54.6 Å². The van der Waals surface area contributed by atoms with Crippen molar-refractivity contribution in [1.82, 2.24) is 14.7 Å². The monoisotopic (exact) mass is 427 g/mol. The highest BCUT2D eigenvalue weighted by Crippen LogP contribution is 2.43. The van der Waals surface area contributed by atoms with Gasteiger partial charge < -0.3 is 4.90 Å². The van der Waals surface area contributed by atoms with Crippen LogP contribution < -0.4 is 0 Å². The number of benzene rings is 2. The largest absolute Gasteiger partial charge is 0.416 e. The van der Waals surface area contributed by atoms with Crippen molar-refractivity contribution in [3.05, 3.63) is 88.2 Å². The lowest BCUT2D eigenvalue weighted by atomic mass is 9.94. The van der Waals surface area contributed by atoms with E-state index < -0.39 is 17.8 Å². The number of amides is 1. The second kappa shape index (κ2) is 7.87.